The Labute approximate surface area is 108 Å². The van der Waals surface area contributed by atoms with Gasteiger partial charge in [-0.15, -0.1) is 0 Å². The number of aliphatic imine (C=N–C) groups is 1. The summed E-state index contributed by atoms with van der Waals surface area (Å²) in [5.41, 5.74) is 1.02. The molecule has 0 atom stereocenters. The van der Waals surface area contributed by atoms with Gasteiger partial charge in [-0.1, -0.05) is 18.2 Å². The van der Waals surface area contributed by atoms with Crippen molar-refractivity contribution < 1.29 is 4.74 Å². The molecule has 18 heavy (non-hydrogen) atoms. The fraction of sp³-hybridized carbons (Fsp3) is 0.286. The fourth-order valence-electron chi connectivity index (χ4n) is 1.34. The van der Waals surface area contributed by atoms with Gasteiger partial charge < -0.3 is 4.74 Å². The predicted octanol–water partition coefficient (Wildman–Crippen LogP) is 2.59. The number of hydrogen-bond acceptors (Lipinski definition) is 3. The molecule has 0 fully saturated rings. The fourth-order valence-corrected chi connectivity index (χ4v) is 1.34. The quantitative estimate of drug-likeness (QED) is 0.383. The van der Waals surface area contributed by atoms with Gasteiger partial charge in [-0.3, -0.25) is 10.3 Å². The highest BCUT2D eigenvalue weighted by molar-refractivity contribution is 5.97. The van der Waals surface area contributed by atoms with Crippen LogP contribution in [0.25, 0.3) is 6.08 Å². The summed E-state index contributed by atoms with van der Waals surface area (Å²) in [4.78, 5) is 4.29. The third-order valence-corrected chi connectivity index (χ3v) is 2.13. The van der Waals surface area contributed by atoms with Gasteiger partial charge in [-0.25, -0.2) is 0 Å². The molecular formula is C14H17N3O. The summed E-state index contributed by atoms with van der Waals surface area (Å²) in [6, 6.07) is 7.79. The molecule has 0 spiro atoms. The number of amidine groups is 1. The van der Waals surface area contributed by atoms with E-state index in [0.717, 1.165) is 11.3 Å². The van der Waals surface area contributed by atoms with Crippen LogP contribution in [0.2, 0.25) is 0 Å². The van der Waals surface area contributed by atoms with Crippen molar-refractivity contribution in [1.29, 1.82) is 5.26 Å². The van der Waals surface area contributed by atoms with E-state index in [1.807, 2.05) is 50.4 Å². The van der Waals surface area contributed by atoms with Crippen molar-refractivity contribution in [2.45, 2.75) is 19.9 Å². The molecule has 4 nitrogen and oxygen atoms in total. The SMILES string of the molecule is COc1ccc(/C=C/C(=NC(C)C)NC#N)cc1. The van der Waals surface area contributed by atoms with Crippen molar-refractivity contribution in [3.63, 3.8) is 0 Å². The molecule has 0 amide bonds. The predicted molar refractivity (Wildman–Crippen MR) is 73.3 cm³/mol. The highest BCUT2D eigenvalue weighted by Gasteiger charge is 1.95. The van der Waals surface area contributed by atoms with E-state index >= 15 is 0 Å². The third-order valence-electron chi connectivity index (χ3n) is 2.13. The van der Waals surface area contributed by atoms with Gasteiger partial charge in [0, 0.05) is 6.04 Å². The van der Waals surface area contributed by atoms with Gasteiger partial charge in [0.2, 0.25) is 0 Å². The molecule has 0 aliphatic carbocycles. The minimum atomic E-state index is 0.140. The summed E-state index contributed by atoms with van der Waals surface area (Å²) in [5.74, 6) is 1.38. The molecule has 0 bridgehead atoms. The Morgan fingerprint density at radius 2 is 2.06 bits per heavy atom. The molecule has 0 unspecified atom stereocenters. The first kappa shape index (κ1) is 13.8. The maximum absolute atomic E-state index is 8.62. The zero-order valence-corrected chi connectivity index (χ0v) is 10.8. The molecule has 0 heterocycles. The highest BCUT2D eigenvalue weighted by atomic mass is 16.5. The van der Waals surface area contributed by atoms with Crippen molar-refractivity contribution in [2.75, 3.05) is 7.11 Å². The maximum atomic E-state index is 8.62. The first-order valence-electron chi connectivity index (χ1n) is 5.70. The molecule has 0 aromatic heterocycles. The van der Waals surface area contributed by atoms with Crippen LogP contribution in [-0.4, -0.2) is 19.0 Å². The molecule has 4 heteroatoms. The molecule has 0 radical (unpaired) electrons. The van der Waals surface area contributed by atoms with Gasteiger partial charge in [0.05, 0.1) is 7.11 Å². The van der Waals surface area contributed by atoms with E-state index in [1.54, 1.807) is 13.2 Å². The summed E-state index contributed by atoms with van der Waals surface area (Å²) in [7, 11) is 1.63. The average Bonchev–Trinajstić information content (AvgIpc) is 2.36. The van der Waals surface area contributed by atoms with E-state index in [4.69, 9.17) is 10.00 Å². The lowest BCUT2D eigenvalue weighted by atomic mass is 10.2. The Bertz CT molecular complexity index is 467. The number of rotatable bonds is 4. The summed E-state index contributed by atoms with van der Waals surface area (Å²) in [5, 5.41) is 11.2. The second kappa shape index (κ2) is 7.13. The second-order valence-corrected chi connectivity index (χ2v) is 3.95. The van der Waals surface area contributed by atoms with Crippen LogP contribution < -0.4 is 10.1 Å². The zero-order valence-electron chi connectivity index (χ0n) is 10.8. The van der Waals surface area contributed by atoms with E-state index in [-0.39, 0.29) is 6.04 Å². The first-order valence-corrected chi connectivity index (χ1v) is 5.70. The van der Waals surface area contributed by atoms with Gasteiger partial charge in [-0.05, 0) is 37.6 Å². The Morgan fingerprint density at radius 1 is 1.39 bits per heavy atom. The minimum absolute atomic E-state index is 0.140. The molecule has 0 aliphatic heterocycles. The van der Waals surface area contributed by atoms with Gasteiger partial charge >= 0.3 is 0 Å². The third kappa shape index (κ3) is 4.71. The first-order chi connectivity index (χ1) is 8.65. The molecular weight excluding hydrogens is 226 g/mol. The number of hydrogen-bond donors (Lipinski definition) is 1. The van der Waals surface area contributed by atoms with Gasteiger partial charge in [-0.2, -0.15) is 5.26 Å². The van der Waals surface area contributed by atoms with Crippen LogP contribution in [0.5, 0.6) is 5.75 Å². The molecule has 1 aromatic carbocycles. The lowest BCUT2D eigenvalue weighted by Crippen LogP contribution is -2.16. The van der Waals surface area contributed by atoms with Crippen LogP contribution in [-0.2, 0) is 0 Å². The molecule has 94 valence electrons. The second-order valence-electron chi connectivity index (χ2n) is 3.95. The van der Waals surface area contributed by atoms with E-state index in [1.165, 1.54) is 0 Å². The number of nitrogens with one attached hydrogen (secondary N) is 1. The van der Waals surface area contributed by atoms with E-state index in [9.17, 15) is 0 Å². The van der Waals surface area contributed by atoms with Gasteiger partial charge in [0.25, 0.3) is 0 Å². The number of nitriles is 1. The number of benzene rings is 1. The summed E-state index contributed by atoms with van der Waals surface area (Å²) in [6.45, 7) is 3.92. The molecule has 0 saturated heterocycles. The summed E-state index contributed by atoms with van der Waals surface area (Å²) in [6.07, 6.45) is 5.55. The standard InChI is InChI=1S/C14H17N3O/c1-11(2)17-14(16-10-15)9-6-12-4-7-13(18-3)8-5-12/h4-9,11H,1-3H3,(H,16,17)/b9-6+. The summed E-state index contributed by atoms with van der Waals surface area (Å²) < 4.78 is 5.08. The number of methoxy groups -OCH3 is 1. The van der Waals surface area contributed by atoms with Crippen molar-refractivity contribution in [3.05, 3.63) is 35.9 Å². The van der Waals surface area contributed by atoms with Crippen LogP contribution in [0, 0.1) is 11.5 Å². The van der Waals surface area contributed by atoms with Crippen LogP contribution in [0.15, 0.2) is 35.3 Å². The Hall–Kier alpha value is -2.28. The van der Waals surface area contributed by atoms with Crippen molar-refractivity contribution in [2.24, 2.45) is 4.99 Å². The molecule has 1 rings (SSSR count). The highest BCUT2D eigenvalue weighted by Crippen LogP contribution is 2.12. The molecule has 1 N–H and O–H groups in total. The normalized spacial score (nSPS) is 11.6. The largest absolute Gasteiger partial charge is 0.497 e. The van der Waals surface area contributed by atoms with E-state index in [0.29, 0.717) is 5.84 Å². The van der Waals surface area contributed by atoms with Crippen molar-refractivity contribution >= 4 is 11.9 Å². The topological polar surface area (TPSA) is 57.4 Å². The average molecular weight is 243 g/mol. The van der Waals surface area contributed by atoms with Crippen LogP contribution in [0.1, 0.15) is 19.4 Å². The smallest absolute Gasteiger partial charge is 0.182 e. The van der Waals surface area contributed by atoms with Gasteiger partial charge in [0.15, 0.2) is 6.19 Å². The Balaban J connectivity index is 2.79. The van der Waals surface area contributed by atoms with E-state index in [2.05, 4.69) is 10.3 Å². The zero-order chi connectivity index (χ0) is 13.4. The van der Waals surface area contributed by atoms with Crippen molar-refractivity contribution in [3.8, 4) is 11.9 Å². The molecule has 0 aliphatic rings. The number of nitrogens with zero attached hydrogens (tertiary/aromatic N) is 2. The van der Waals surface area contributed by atoms with Crippen LogP contribution in [0.4, 0.5) is 0 Å². The Morgan fingerprint density at radius 3 is 2.56 bits per heavy atom. The van der Waals surface area contributed by atoms with Gasteiger partial charge in [0.1, 0.15) is 11.6 Å². The van der Waals surface area contributed by atoms with E-state index < -0.39 is 0 Å². The Kier molecular flexibility index (Phi) is 5.46. The van der Waals surface area contributed by atoms with Crippen molar-refractivity contribution in [1.82, 2.24) is 5.32 Å². The minimum Gasteiger partial charge on any atom is -0.497 e. The van der Waals surface area contributed by atoms with Crippen LogP contribution in [0.3, 0.4) is 0 Å². The molecule has 1 aromatic rings. The monoisotopic (exact) mass is 243 g/mol. The maximum Gasteiger partial charge on any atom is 0.182 e. The lowest BCUT2D eigenvalue weighted by Gasteiger charge is -2.02. The summed E-state index contributed by atoms with van der Waals surface area (Å²) >= 11 is 0. The lowest BCUT2D eigenvalue weighted by molar-refractivity contribution is 0.415. The van der Waals surface area contributed by atoms with Crippen LogP contribution >= 0.6 is 0 Å². The molecule has 0 saturated carbocycles. The number of ether oxygens (including phenoxy) is 1.